The molecule has 0 bridgehead atoms. The number of nitrogens with zero attached hydrogens (tertiary/aromatic N) is 4. The van der Waals surface area contributed by atoms with Crippen molar-refractivity contribution in [3.63, 3.8) is 0 Å². The lowest BCUT2D eigenvalue weighted by molar-refractivity contribution is 0.00578. The fourth-order valence-corrected chi connectivity index (χ4v) is 5.76. The standard InChI is InChI=1S/C16H14ClN3O.C13H15BClNO2.C9H11BrN2O/c1-2-3-10-6-7-14(20-15(10)16(19)21)11-4-5-12(9-18)13(17)8-11;1-12(2)13(3,4)18-14(17-12)10-6-5-9(8-16)11(15)7-10;1-2-3-6-4-5-7(10)12-8(6)9(11)13/h4-8H,2-3H2,1H3,(H2,19,21);5-7H,1-4H3;4-5H,2-3H2,1H3,(H2,11,13). The molecule has 3 heterocycles. The molecule has 2 aromatic carbocycles. The van der Waals surface area contributed by atoms with Crippen LogP contribution in [0.15, 0.2) is 65.3 Å². The van der Waals surface area contributed by atoms with Gasteiger partial charge in [-0.05, 0) is 109 Å². The zero-order valence-electron chi connectivity index (χ0n) is 29.9. The number of amides is 2. The highest BCUT2D eigenvalue weighted by molar-refractivity contribution is 9.10. The summed E-state index contributed by atoms with van der Waals surface area (Å²) in [7, 11) is -0.444. The summed E-state index contributed by atoms with van der Waals surface area (Å²) in [5.74, 6) is -1.01. The van der Waals surface area contributed by atoms with Gasteiger partial charge in [-0.15, -0.1) is 0 Å². The first-order valence-electron chi connectivity index (χ1n) is 16.5. The highest BCUT2D eigenvalue weighted by Gasteiger charge is 2.51. The summed E-state index contributed by atoms with van der Waals surface area (Å²) in [4.78, 5) is 30.9. The van der Waals surface area contributed by atoms with E-state index in [-0.39, 0.29) is 16.9 Å². The van der Waals surface area contributed by atoms with Crippen LogP contribution >= 0.6 is 39.1 Å². The van der Waals surface area contributed by atoms with Gasteiger partial charge in [0.1, 0.15) is 28.1 Å². The molecular weight excluding hydrogens is 766 g/mol. The van der Waals surface area contributed by atoms with E-state index in [4.69, 9.17) is 54.5 Å². The average molecular weight is 806 g/mol. The lowest BCUT2D eigenvalue weighted by Crippen LogP contribution is -2.41. The molecule has 4 aromatic rings. The molecular formula is C38H40BBrCl2N6O4. The number of nitrogens with two attached hydrogens (primary N) is 2. The fourth-order valence-electron chi connectivity index (χ4n) is 4.99. The van der Waals surface area contributed by atoms with Crippen LogP contribution in [0.1, 0.15) is 97.6 Å². The van der Waals surface area contributed by atoms with E-state index >= 15 is 0 Å². The van der Waals surface area contributed by atoms with Gasteiger partial charge in [0.15, 0.2) is 0 Å². The summed E-state index contributed by atoms with van der Waals surface area (Å²) in [6.45, 7) is 12.1. The predicted octanol–water partition coefficient (Wildman–Crippen LogP) is 7.73. The van der Waals surface area contributed by atoms with E-state index in [0.29, 0.717) is 37.2 Å². The Balaban J connectivity index is 0.000000216. The number of rotatable bonds is 8. The van der Waals surface area contributed by atoms with Gasteiger partial charge in [-0.2, -0.15) is 10.5 Å². The van der Waals surface area contributed by atoms with Crippen molar-refractivity contribution in [2.45, 2.75) is 78.4 Å². The molecule has 10 nitrogen and oxygen atoms in total. The van der Waals surface area contributed by atoms with Gasteiger partial charge in [0.2, 0.25) is 0 Å². The first kappa shape index (κ1) is 42.1. The van der Waals surface area contributed by atoms with Gasteiger partial charge in [0, 0.05) is 5.56 Å². The molecule has 2 aromatic heterocycles. The van der Waals surface area contributed by atoms with Crippen LogP contribution in [0.4, 0.5) is 0 Å². The molecule has 270 valence electrons. The van der Waals surface area contributed by atoms with E-state index in [1.807, 2.05) is 84.0 Å². The number of carbonyl (C=O) groups is 2. The van der Waals surface area contributed by atoms with E-state index in [2.05, 4.69) is 25.9 Å². The summed E-state index contributed by atoms with van der Waals surface area (Å²) in [5.41, 5.74) is 15.3. The van der Waals surface area contributed by atoms with Crippen LogP contribution < -0.4 is 16.9 Å². The molecule has 14 heteroatoms. The lowest BCUT2D eigenvalue weighted by Gasteiger charge is -2.32. The minimum atomic E-state index is -0.542. The van der Waals surface area contributed by atoms with Crippen LogP contribution in [0.25, 0.3) is 11.3 Å². The van der Waals surface area contributed by atoms with Crippen molar-refractivity contribution < 1.29 is 18.9 Å². The SMILES string of the molecule is CC1(C)OB(c2ccc(C#N)c(Cl)c2)OC1(C)C.CCCc1ccc(-c2ccc(C#N)c(Cl)c2)nc1C(N)=O.CCCc1ccc(Br)nc1C(N)=O. The summed E-state index contributed by atoms with van der Waals surface area (Å²) >= 11 is 15.2. The van der Waals surface area contributed by atoms with E-state index in [1.165, 1.54) is 0 Å². The summed E-state index contributed by atoms with van der Waals surface area (Å²) in [6.07, 6.45) is 3.46. The Labute approximate surface area is 323 Å². The van der Waals surface area contributed by atoms with E-state index < -0.39 is 18.9 Å². The highest BCUT2D eigenvalue weighted by Crippen LogP contribution is 2.36. The van der Waals surface area contributed by atoms with Crippen LogP contribution in [-0.4, -0.2) is 40.1 Å². The maximum atomic E-state index is 11.5. The second kappa shape index (κ2) is 18.5. The van der Waals surface area contributed by atoms with Gasteiger partial charge < -0.3 is 20.8 Å². The fraction of sp³-hybridized carbons (Fsp3) is 0.316. The Hall–Kier alpha value is -4.30. The number of pyridine rings is 2. The first-order valence-corrected chi connectivity index (χ1v) is 18.0. The van der Waals surface area contributed by atoms with Crippen LogP contribution in [0.2, 0.25) is 10.0 Å². The van der Waals surface area contributed by atoms with Crippen LogP contribution in [-0.2, 0) is 22.2 Å². The van der Waals surface area contributed by atoms with Crippen molar-refractivity contribution >= 4 is 63.5 Å². The first-order chi connectivity index (χ1) is 24.5. The number of aryl methyl sites for hydroxylation is 2. The number of nitriles is 2. The van der Waals surface area contributed by atoms with Gasteiger partial charge in [-0.25, -0.2) is 9.97 Å². The number of carbonyl (C=O) groups excluding carboxylic acids is 2. The quantitative estimate of drug-likeness (QED) is 0.134. The van der Waals surface area contributed by atoms with Crippen molar-refractivity contribution in [2.75, 3.05) is 0 Å². The topological polar surface area (TPSA) is 178 Å². The third-order valence-corrected chi connectivity index (χ3v) is 9.52. The zero-order chi connectivity index (χ0) is 38.8. The minimum absolute atomic E-state index is 0.287. The van der Waals surface area contributed by atoms with Crippen LogP contribution in [0.3, 0.4) is 0 Å². The van der Waals surface area contributed by atoms with E-state index in [1.54, 1.807) is 30.3 Å². The number of benzene rings is 2. The molecule has 1 aliphatic heterocycles. The van der Waals surface area contributed by atoms with E-state index in [9.17, 15) is 9.59 Å². The minimum Gasteiger partial charge on any atom is -0.399 e. The van der Waals surface area contributed by atoms with Crippen molar-refractivity contribution in [2.24, 2.45) is 11.5 Å². The monoisotopic (exact) mass is 804 g/mol. The predicted molar refractivity (Wildman–Crippen MR) is 208 cm³/mol. The van der Waals surface area contributed by atoms with Crippen molar-refractivity contribution in [3.05, 3.63) is 109 Å². The molecule has 1 saturated heterocycles. The highest BCUT2D eigenvalue weighted by atomic mass is 79.9. The third-order valence-electron chi connectivity index (χ3n) is 8.45. The number of hydrogen-bond donors (Lipinski definition) is 2. The average Bonchev–Trinajstić information content (AvgIpc) is 3.32. The summed E-state index contributed by atoms with van der Waals surface area (Å²) < 4.78 is 12.5. The van der Waals surface area contributed by atoms with Gasteiger partial charge >= 0.3 is 7.12 Å². The van der Waals surface area contributed by atoms with Gasteiger partial charge in [-0.1, -0.05) is 74.2 Å². The molecule has 0 spiro atoms. The molecule has 0 saturated carbocycles. The number of aromatic nitrogens is 2. The van der Waals surface area contributed by atoms with Crippen molar-refractivity contribution in [1.82, 2.24) is 9.97 Å². The molecule has 0 atom stereocenters. The molecule has 1 fully saturated rings. The van der Waals surface area contributed by atoms with Gasteiger partial charge in [-0.3, -0.25) is 9.59 Å². The number of hydrogen-bond acceptors (Lipinski definition) is 8. The smallest absolute Gasteiger partial charge is 0.399 e. The Morgan fingerprint density at radius 2 is 1.25 bits per heavy atom. The van der Waals surface area contributed by atoms with Gasteiger partial charge in [0.05, 0.1) is 38.1 Å². The molecule has 0 aliphatic carbocycles. The molecule has 2 amide bonds. The Morgan fingerprint density at radius 3 is 1.71 bits per heavy atom. The molecule has 0 radical (unpaired) electrons. The molecule has 4 N–H and O–H groups in total. The Bertz CT molecular complexity index is 2010. The largest absolute Gasteiger partial charge is 0.494 e. The third kappa shape index (κ3) is 10.6. The van der Waals surface area contributed by atoms with Crippen molar-refractivity contribution in [1.29, 1.82) is 10.5 Å². The number of primary amides is 2. The number of halogens is 3. The normalized spacial score (nSPS) is 13.8. The summed E-state index contributed by atoms with van der Waals surface area (Å²) in [6, 6.07) is 21.7. The Kier molecular flexibility index (Phi) is 15.0. The maximum absolute atomic E-state index is 11.5. The molecule has 1 aliphatic rings. The Morgan fingerprint density at radius 1 is 0.769 bits per heavy atom. The molecule has 52 heavy (non-hydrogen) atoms. The lowest BCUT2D eigenvalue weighted by atomic mass is 9.79. The van der Waals surface area contributed by atoms with E-state index in [0.717, 1.165) is 47.8 Å². The molecule has 5 rings (SSSR count). The second-order valence-electron chi connectivity index (χ2n) is 12.8. The second-order valence-corrected chi connectivity index (χ2v) is 14.4. The maximum Gasteiger partial charge on any atom is 0.494 e. The van der Waals surface area contributed by atoms with Crippen molar-refractivity contribution in [3.8, 4) is 23.4 Å². The molecule has 0 unspecified atom stereocenters. The van der Waals surface area contributed by atoms with Gasteiger partial charge in [0.25, 0.3) is 11.8 Å². The zero-order valence-corrected chi connectivity index (χ0v) is 33.0. The summed E-state index contributed by atoms with van der Waals surface area (Å²) in [5, 5.41) is 18.5. The van der Waals surface area contributed by atoms with Crippen LogP contribution in [0.5, 0.6) is 0 Å². The van der Waals surface area contributed by atoms with Crippen LogP contribution in [0, 0.1) is 22.7 Å².